The van der Waals surface area contributed by atoms with Crippen LogP contribution in [0.3, 0.4) is 0 Å². The molecule has 0 heterocycles. The summed E-state index contributed by atoms with van der Waals surface area (Å²) in [5.41, 5.74) is 2.84. The molecule has 0 spiro atoms. The molecular weight excluding hydrogens is 314 g/mol. The number of nitrogens with one attached hydrogen (secondary N) is 1. The van der Waals surface area contributed by atoms with Crippen molar-refractivity contribution in [2.24, 2.45) is 0 Å². The van der Waals surface area contributed by atoms with Crippen molar-refractivity contribution < 1.29 is 14.3 Å². The third kappa shape index (κ3) is 5.38. The molecule has 1 N–H and O–H groups in total. The number of hydrogen-bond acceptors (Lipinski definition) is 3. The predicted molar refractivity (Wildman–Crippen MR) is 102 cm³/mol. The average Bonchev–Trinajstić information content (AvgIpc) is 2.65. The van der Waals surface area contributed by atoms with Gasteiger partial charge in [0.15, 0.2) is 11.5 Å². The number of amides is 1. The zero-order chi connectivity index (χ0) is 18.1. The molecule has 4 nitrogen and oxygen atoms in total. The van der Waals surface area contributed by atoms with Gasteiger partial charge in [-0.25, -0.2) is 0 Å². The van der Waals surface area contributed by atoms with Crippen molar-refractivity contribution in [3.8, 4) is 11.5 Å². The maximum Gasteiger partial charge on any atom is 0.248 e. The molecule has 0 saturated heterocycles. The second-order valence-corrected chi connectivity index (χ2v) is 5.59. The molecule has 2 aromatic carbocycles. The highest BCUT2D eigenvalue weighted by molar-refractivity contribution is 6.02. The number of rotatable bonds is 8. The number of carbonyl (C=O) groups is 1. The van der Waals surface area contributed by atoms with E-state index >= 15 is 0 Å². The van der Waals surface area contributed by atoms with E-state index in [0.717, 1.165) is 29.7 Å². The van der Waals surface area contributed by atoms with Crippen molar-refractivity contribution in [2.75, 3.05) is 19.0 Å². The van der Waals surface area contributed by atoms with Gasteiger partial charge in [-0.2, -0.15) is 0 Å². The highest BCUT2D eigenvalue weighted by Crippen LogP contribution is 2.28. The van der Waals surface area contributed by atoms with Gasteiger partial charge < -0.3 is 14.8 Å². The Morgan fingerprint density at radius 2 is 1.92 bits per heavy atom. The number of hydrogen-bond donors (Lipinski definition) is 1. The SMILES string of the molecule is CCCOc1ccc(C=CC(=O)Nc2ccccc2CC)cc1OC. The Kier molecular flexibility index (Phi) is 7.08. The van der Waals surface area contributed by atoms with Crippen LogP contribution >= 0.6 is 0 Å². The van der Waals surface area contributed by atoms with E-state index in [9.17, 15) is 4.79 Å². The smallest absolute Gasteiger partial charge is 0.248 e. The maximum absolute atomic E-state index is 12.2. The van der Waals surface area contributed by atoms with Crippen LogP contribution < -0.4 is 14.8 Å². The summed E-state index contributed by atoms with van der Waals surface area (Å²) >= 11 is 0. The first-order valence-corrected chi connectivity index (χ1v) is 8.55. The van der Waals surface area contributed by atoms with Crippen molar-refractivity contribution >= 4 is 17.7 Å². The van der Waals surface area contributed by atoms with Crippen LogP contribution in [0, 0.1) is 0 Å². The van der Waals surface area contributed by atoms with Crippen molar-refractivity contribution in [1.29, 1.82) is 0 Å². The maximum atomic E-state index is 12.2. The van der Waals surface area contributed by atoms with Gasteiger partial charge in [-0.3, -0.25) is 4.79 Å². The minimum absolute atomic E-state index is 0.161. The molecule has 4 heteroatoms. The van der Waals surface area contributed by atoms with Gasteiger partial charge in [0, 0.05) is 11.8 Å². The van der Waals surface area contributed by atoms with Crippen LogP contribution in [0.15, 0.2) is 48.5 Å². The number of carbonyl (C=O) groups excluding carboxylic acids is 1. The van der Waals surface area contributed by atoms with Crippen LogP contribution in [0.1, 0.15) is 31.4 Å². The molecule has 25 heavy (non-hydrogen) atoms. The Morgan fingerprint density at radius 1 is 1.12 bits per heavy atom. The van der Waals surface area contributed by atoms with Gasteiger partial charge in [-0.05, 0) is 48.2 Å². The summed E-state index contributed by atoms with van der Waals surface area (Å²) in [5, 5.41) is 2.92. The molecule has 0 radical (unpaired) electrons. The first kappa shape index (κ1) is 18.6. The molecule has 0 aliphatic rings. The highest BCUT2D eigenvalue weighted by Gasteiger charge is 2.05. The van der Waals surface area contributed by atoms with E-state index in [1.54, 1.807) is 13.2 Å². The molecule has 0 aliphatic carbocycles. The van der Waals surface area contributed by atoms with Gasteiger partial charge in [-0.15, -0.1) is 0 Å². The lowest BCUT2D eigenvalue weighted by Crippen LogP contribution is -2.09. The zero-order valence-electron chi connectivity index (χ0n) is 15.0. The number of aryl methyl sites for hydroxylation is 1. The fraction of sp³-hybridized carbons (Fsp3) is 0.286. The predicted octanol–water partition coefficient (Wildman–Crippen LogP) is 4.70. The lowest BCUT2D eigenvalue weighted by atomic mass is 10.1. The first-order valence-electron chi connectivity index (χ1n) is 8.55. The zero-order valence-corrected chi connectivity index (χ0v) is 15.0. The molecule has 0 atom stereocenters. The molecule has 2 aromatic rings. The number of benzene rings is 2. The minimum Gasteiger partial charge on any atom is -0.493 e. The van der Waals surface area contributed by atoms with Crippen LogP contribution in [0.5, 0.6) is 11.5 Å². The normalized spacial score (nSPS) is 10.7. The Balaban J connectivity index is 2.06. The topological polar surface area (TPSA) is 47.6 Å². The summed E-state index contributed by atoms with van der Waals surface area (Å²) < 4.78 is 11.0. The van der Waals surface area contributed by atoms with Crippen LogP contribution in [0.25, 0.3) is 6.08 Å². The van der Waals surface area contributed by atoms with E-state index in [1.165, 1.54) is 6.08 Å². The molecule has 0 aliphatic heterocycles. The fourth-order valence-corrected chi connectivity index (χ4v) is 2.42. The third-order valence-corrected chi connectivity index (χ3v) is 3.73. The second-order valence-electron chi connectivity index (χ2n) is 5.59. The molecule has 1 amide bonds. The monoisotopic (exact) mass is 339 g/mol. The summed E-state index contributed by atoms with van der Waals surface area (Å²) in [6, 6.07) is 13.4. The Hall–Kier alpha value is -2.75. The van der Waals surface area contributed by atoms with Crippen molar-refractivity contribution in [3.05, 3.63) is 59.7 Å². The van der Waals surface area contributed by atoms with E-state index in [2.05, 4.69) is 19.2 Å². The molecule has 132 valence electrons. The van der Waals surface area contributed by atoms with Gasteiger partial charge in [0.2, 0.25) is 5.91 Å². The van der Waals surface area contributed by atoms with E-state index < -0.39 is 0 Å². The van der Waals surface area contributed by atoms with Crippen LogP contribution in [-0.2, 0) is 11.2 Å². The summed E-state index contributed by atoms with van der Waals surface area (Å²) in [6.45, 7) is 4.76. The lowest BCUT2D eigenvalue weighted by Gasteiger charge is -2.10. The Labute approximate surface area is 149 Å². The van der Waals surface area contributed by atoms with E-state index in [4.69, 9.17) is 9.47 Å². The average molecular weight is 339 g/mol. The molecule has 0 fully saturated rings. The standard InChI is InChI=1S/C21H25NO3/c1-4-14-25-19-12-10-16(15-20(19)24-3)11-13-21(23)22-18-9-7-6-8-17(18)5-2/h6-13,15H,4-5,14H2,1-3H3,(H,22,23). The number of ether oxygens (including phenoxy) is 2. The van der Waals surface area contributed by atoms with Gasteiger partial charge in [0.1, 0.15) is 0 Å². The van der Waals surface area contributed by atoms with Crippen molar-refractivity contribution in [3.63, 3.8) is 0 Å². The molecule has 2 rings (SSSR count). The second kappa shape index (κ2) is 9.52. The molecule has 0 saturated carbocycles. The minimum atomic E-state index is -0.161. The van der Waals surface area contributed by atoms with Crippen LogP contribution in [0.4, 0.5) is 5.69 Å². The van der Waals surface area contributed by atoms with Crippen molar-refractivity contribution in [1.82, 2.24) is 0 Å². The van der Waals surface area contributed by atoms with Gasteiger partial charge in [0.05, 0.1) is 13.7 Å². The number of methoxy groups -OCH3 is 1. The highest BCUT2D eigenvalue weighted by atomic mass is 16.5. The van der Waals surface area contributed by atoms with E-state index in [0.29, 0.717) is 18.1 Å². The van der Waals surface area contributed by atoms with Gasteiger partial charge >= 0.3 is 0 Å². The van der Waals surface area contributed by atoms with Crippen LogP contribution in [0.2, 0.25) is 0 Å². The van der Waals surface area contributed by atoms with Crippen molar-refractivity contribution in [2.45, 2.75) is 26.7 Å². The first-order chi connectivity index (χ1) is 12.2. The summed E-state index contributed by atoms with van der Waals surface area (Å²) in [5.74, 6) is 1.21. The quantitative estimate of drug-likeness (QED) is 0.709. The molecular formula is C21H25NO3. The molecule has 0 bridgehead atoms. The Bertz CT molecular complexity index is 738. The summed E-state index contributed by atoms with van der Waals surface area (Å²) in [4.78, 5) is 12.2. The van der Waals surface area contributed by atoms with Crippen LogP contribution in [-0.4, -0.2) is 19.6 Å². The van der Waals surface area contributed by atoms with Gasteiger partial charge in [0.25, 0.3) is 0 Å². The van der Waals surface area contributed by atoms with Gasteiger partial charge in [-0.1, -0.05) is 38.1 Å². The largest absolute Gasteiger partial charge is 0.493 e. The lowest BCUT2D eigenvalue weighted by molar-refractivity contribution is -0.111. The fourth-order valence-electron chi connectivity index (χ4n) is 2.42. The van der Waals surface area contributed by atoms with E-state index in [-0.39, 0.29) is 5.91 Å². The summed E-state index contributed by atoms with van der Waals surface area (Å²) in [7, 11) is 1.61. The van der Waals surface area contributed by atoms with E-state index in [1.807, 2.05) is 42.5 Å². The molecule has 0 aromatic heterocycles. The number of para-hydroxylation sites is 1. The third-order valence-electron chi connectivity index (χ3n) is 3.73. The Morgan fingerprint density at radius 3 is 2.64 bits per heavy atom. The molecule has 0 unspecified atom stereocenters. The summed E-state index contributed by atoms with van der Waals surface area (Å²) in [6.07, 6.45) is 5.09. The number of anilines is 1.